The molecule has 0 radical (unpaired) electrons. The van der Waals surface area contributed by atoms with Gasteiger partial charge in [0.1, 0.15) is 0 Å². The number of hydrogen-bond donors (Lipinski definition) is 0. The van der Waals surface area contributed by atoms with Gasteiger partial charge in [0, 0.05) is 0 Å². The third-order valence-electron chi connectivity index (χ3n) is 5.57. The van der Waals surface area contributed by atoms with Crippen LogP contribution in [0.3, 0.4) is 0 Å². The summed E-state index contributed by atoms with van der Waals surface area (Å²) < 4.78 is 8.30. The van der Waals surface area contributed by atoms with Gasteiger partial charge in [0.05, 0.1) is 0 Å². The number of carboxylic acids is 1. The Morgan fingerprint density at radius 1 is 1.07 bits per heavy atom. The van der Waals surface area contributed by atoms with Crippen LogP contribution < -0.4 is 18.8 Å². The van der Waals surface area contributed by atoms with Crippen molar-refractivity contribution in [3.05, 3.63) is 53.1 Å². The summed E-state index contributed by atoms with van der Waals surface area (Å²) in [4.78, 5) is 11.0. The number of hydrogen-bond acceptors (Lipinski definition) is 3. The molecule has 0 amide bonds. The molecular weight excluding hydrogens is 439 g/mol. The summed E-state index contributed by atoms with van der Waals surface area (Å²) >= 11 is 5.87. The van der Waals surface area contributed by atoms with Crippen LogP contribution in [0.15, 0.2) is 36.4 Å². The number of halogens is 1. The van der Waals surface area contributed by atoms with E-state index in [1.54, 1.807) is 12.1 Å². The second-order valence-electron chi connectivity index (χ2n) is 8.56. The van der Waals surface area contributed by atoms with E-state index < -0.39 is 5.97 Å². The number of carbonyl (C=O) groups is 1. The molecule has 0 spiro atoms. The Hall–Kier alpha value is -1.48. The number of carboxylic acid groups (broad SMARTS) is 1. The van der Waals surface area contributed by atoms with Crippen LogP contribution >= 0.6 is 11.6 Å². The van der Waals surface area contributed by atoms with Gasteiger partial charge in [-0.1, -0.05) is 0 Å². The first-order valence-electron chi connectivity index (χ1n) is 9.51. The molecule has 0 bridgehead atoms. The van der Waals surface area contributed by atoms with Crippen molar-refractivity contribution in [2.75, 3.05) is 12.5 Å². The molecule has 0 aromatic heterocycles. The molecule has 0 heterocycles. The molecule has 150 valence electrons. The van der Waals surface area contributed by atoms with E-state index in [1.165, 1.54) is 15.6 Å². The van der Waals surface area contributed by atoms with Crippen LogP contribution in [0.5, 0.6) is 5.75 Å². The molecule has 28 heavy (non-hydrogen) atoms. The molecule has 1 aliphatic carbocycles. The van der Waals surface area contributed by atoms with Gasteiger partial charge in [0.15, 0.2) is 0 Å². The summed E-state index contributed by atoms with van der Waals surface area (Å²) in [5.41, 5.74) is 3.20. The summed E-state index contributed by atoms with van der Waals surface area (Å²) in [5, 5.41) is 11.0. The molecule has 3 rings (SSSR count). The van der Waals surface area contributed by atoms with Crippen molar-refractivity contribution in [2.24, 2.45) is 0 Å². The van der Waals surface area contributed by atoms with Crippen molar-refractivity contribution >= 4 is 41.5 Å². The number of alkyl halides is 1. The van der Waals surface area contributed by atoms with Gasteiger partial charge in [-0.3, -0.25) is 0 Å². The van der Waals surface area contributed by atoms with Crippen LogP contribution in [0.25, 0.3) is 0 Å². The molecule has 0 aliphatic heterocycles. The van der Waals surface area contributed by atoms with Crippen LogP contribution in [0.2, 0.25) is 0 Å². The average Bonchev–Trinajstić information content (AvgIpc) is 2.64. The molecule has 5 heteroatoms. The van der Waals surface area contributed by atoms with E-state index in [4.69, 9.17) is 16.3 Å². The number of benzene rings is 2. The van der Waals surface area contributed by atoms with E-state index in [-0.39, 0.29) is 31.4 Å². The summed E-state index contributed by atoms with van der Waals surface area (Å²) in [7, 11) is 0. The predicted octanol–water partition coefficient (Wildman–Crippen LogP) is 2.67. The van der Waals surface area contributed by atoms with E-state index in [1.807, 2.05) is 12.1 Å². The normalized spacial score (nSPS) is 17.0. The summed E-state index contributed by atoms with van der Waals surface area (Å²) in [6.45, 7) is 9.69. The summed E-state index contributed by atoms with van der Waals surface area (Å²) in [6, 6.07) is 11.5. The maximum absolute atomic E-state index is 11.0. The minimum atomic E-state index is -1.15. The molecule has 0 saturated heterocycles. The van der Waals surface area contributed by atoms with Crippen molar-refractivity contribution in [3.8, 4) is 5.75 Å². The molecule has 0 atom stereocenters. The Labute approximate surface area is 178 Å². The number of fused-ring (bicyclic) bond motifs is 1. The SMILES string of the molecule is CC1(C)CCC(C)(C)c2cc([Se]c3ccc(C(=O)[O-])cc3)c(OCCCl)cc21. The fourth-order valence-electron chi connectivity index (χ4n) is 3.70. The van der Waals surface area contributed by atoms with Gasteiger partial charge in [0.25, 0.3) is 0 Å². The van der Waals surface area contributed by atoms with Gasteiger partial charge < -0.3 is 0 Å². The standard InChI is InChI=1S/C23H27ClO3Se/c1-22(2)9-10-23(3,4)18-14-20(19(13-17(18)22)27-12-11-24)28-16-7-5-15(6-8-16)21(25)26/h5-8,13-14H,9-12H2,1-4H3,(H,25,26)/p-1. The third kappa shape index (κ3) is 4.40. The fraction of sp³-hybridized carbons (Fsp3) is 0.435. The Kier molecular flexibility index (Phi) is 6.14. The van der Waals surface area contributed by atoms with Gasteiger partial charge >= 0.3 is 179 Å². The van der Waals surface area contributed by atoms with Crippen molar-refractivity contribution in [3.63, 3.8) is 0 Å². The Balaban J connectivity index is 2.04. The second kappa shape index (κ2) is 8.10. The average molecular weight is 465 g/mol. The van der Waals surface area contributed by atoms with Crippen molar-refractivity contribution in [1.82, 2.24) is 0 Å². The van der Waals surface area contributed by atoms with E-state index in [0.717, 1.165) is 23.1 Å². The topological polar surface area (TPSA) is 49.4 Å². The molecule has 2 aromatic carbocycles. The zero-order valence-electron chi connectivity index (χ0n) is 16.8. The quantitative estimate of drug-likeness (QED) is 0.488. The first-order valence-corrected chi connectivity index (χ1v) is 11.8. The van der Waals surface area contributed by atoms with Crippen LogP contribution in [0, 0.1) is 0 Å². The van der Waals surface area contributed by atoms with Crippen molar-refractivity contribution in [1.29, 1.82) is 0 Å². The van der Waals surface area contributed by atoms with Gasteiger partial charge in [-0.2, -0.15) is 0 Å². The molecule has 0 unspecified atom stereocenters. The number of ether oxygens (including phenoxy) is 1. The molecule has 1 aliphatic rings. The first-order chi connectivity index (χ1) is 13.1. The summed E-state index contributed by atoms with van der Waals surface area (Å²) in [5.74, 6) is 0.190. The van der Waals surface area contributed by atoms with Crippen molar-refractivity contribution in [2.45, 2.75) is 51.4 Å². The van der Waals surface area contributed by atoms with E-state index in [2.05, 4.69) is 39.8 Å². The minimum absolute atomic E-state index is 0.00118. The molecule has 0 fully saturated rings. The number of rotatable bonds is 6. The molecule has 0 N–H and O–H groups in total. The zero-order chi connectivity index (χ0) is 20.5. The first kappa shape index (κ1) is 21.2. The van der Waals surface area contributed by atoms with E-state index >= 15 is 0 Å². The maximum atomic E-state index is 11.0. The molecule has 3 nitrogen and oxygen atoms in total. The molecule has 2 aromatic rings. The van der Waals surface area contributed by atoms with Crippen LogP contribution in [0.4, 0.5) is 0 Å². The molecule has 0 saturated carbocycles. The van der Waals surface area contributed by atoms with Crippen LogP contribution in [0.1, 0.15) is 62.0 Å². The number of aromatic carboxylic acids is 1. The van der Waals surface area contributed by atoms with E-state index in [0.29, 0.717) is 12.5 Å². The Bertz CT molecular complexity index is 872. The van der Waals surface area contributed by atoms with Crippen molar-refractivity contribution < 1.29 is 14.6 Å². The monoisotopic (exact) mass is 465 g/mol. The van der Waals surface area contributed by atoms with Gasteiger partial charge in [-0.05, 0) is 0 Å². The summed E-state index contributed by atoms with van der Waals surface area (Å²) in [6.07, 6.45) is 2.30. The Morgan fingerprint density at radius 2 is 1.64 bits per heavy atom. The van der Waals surface area contributed by atoms with Gasteiger partial charge in [-0.15, -0.1) is 0 Å². The zero-order valence-corrected chi connectivity index (χ0v) is 19.3. The second-order valence-corrected chi connectivity index (χ2v) is 11.3. The van der Waals surface area contributed by atoms with Gasteiger partial charge in [-0.25, -0.2) is 0 Å². The molecular formula is C23H26ClO3Se-. The predicted molar refractivity (Wildman–Crippen MR) is 114 cm³/mol. The Morgan fingerprint density at radius 3 is 2.18 bits per heavy atom. The van der Waals surface area contributed by atoms with E-state index in [9.17, 15) is 9.90 Å². The number of carbonyl (C=O) groups excluding carboxylic acids is 1. The van der Waals surface area contributed by atoms with Gasteiger partial charge in [0.2, 0.25) is 0 Å². The van der Waals surface area contributed by atoms with Crippen LogP contribution in [-0.2, 0) is 10.8 Å². The van der Waals surface area contributed by atoms with Crippen LogP contribution in [-0.4, -0.2) is 33.4 Å². The fourth-order valence-corrected chi connectivity index (χ4v) is 5.71. The third-order valence-corrected chi connectivity index (χ3v) is 7.92.